The molecule has 13 rings (SSSR count). The van der Waals surface area contributed by atoms with E-state index >= 15 is 0 Å². The SMILES string of the molecule is CCCCc1ccc2c(c1)N(c1c(-c3ccccc3)cc(-c3ccccc3)cc1-c1ccccc1)c1cc(CCCC)cc3c1B2c1ccc(CCCC)cc1N3c1c(-c2ccccc2)cc(-c2ccccc2)cc1-c1ccccc1. The lowest BCUT2D eigenvalue weighted by Gasteiger charge is -2.46. The predicted octanol–water partition coefficient (Wildman–Crippen LogP) is 19.8. The van der Waals surface area contributed by atoms with E-state index in [2.05, 4.69) is 285 Å². The van der Waals surface area contributed by atoms with E-state index in [-0.39, 0.29) is 6.71 Å². The number of anilines is 6. The van der Waals surface area contributed by atoms with Gasteiger partial charge in [-0.3, -0.25) is 0 Å². The highest BCUT2D eigenvalue weighted by Gasteiger charge is 2.45. The summed E-state index contributed by atoms with van der Waals surface area (Å²) in [5, 5.41) is 0. The van der Waals surface area contributed by atoms with Crippen LogP contribution < -0.4 is 26.2 Å². The van der Waals surface area contributed by atoms with Crippen LogP contribution in [0.25, 0.3) is 66.8 Å². The summed E-state index contributed by atoms with van der Waals surface area (Å²) >= 11 is 0. The Hall–Kier alpha value is -8.92. The molecule has 0 aliphatic carbocycles. The highest BCUT2D eigenvalue weighted by atomic mass is 15.2. The topological polar surface area (TPSA) is 6.48 Å². The van der Waals surface area contributed by atoms with Crippen LogP contribution in [-0.2, 0) is 19.3 Å². The van der Waals surface area contributed by atoms with Crippen LogP contribution >= 0.6 is 0 Å². The molecule has 2 nitrogen and oxygen atoms in total. The normalized spacial score (nSPS) is 12.3. The lowest BCUT2D eigenvalue weighted by atomic mass is 9.33. The van der Waals surface area contributed by atoms with E-state index in [1.807, 2.05) is 0 Å². The van der Waals surface area contributed by atoms with E-state index in [1.54, 1.807) is 0 Å². The van der Waals surface area contributed by atoms with Crippen LogP contribution in [0.4, 0.5) is 34.1 Å². The Kier molecular flexibility index (Phi) is 14.7. The first-order valence-corrected chi connectivity index (χ1v) is 29.8. The average molecular weight is 1050 g/mol. The summed E-state index contributed by atoms with van der Waals surface area (Å²) in [6.07, 6.45) is 9.74. The molecule has 11 aromatic rings. The third-order valence-electron chi connectivity index (χ3n) is 16.9. The Balaban J connectivity index is 1.20. The number of hydrogen-bond donors (Lipinski definition) is 0. The Bertz CT molecular complexity index is 3610. The second-order valence-corrected chi connectivity index (χ2v) is 22.3. The van der Waals surface area contributed by atoms with E-state index in [9.17, 15) is 0 Å². The molecule has 11 aromatic carbocycles. The number of aryl methyl sites for hydroxylation is 3. The van der Waals surface area contributed by atoms with Crippen molar-refractivity contribution in [1.29, 1.82) is 0 Å². The molecule has 2 heterocycles. The zero-order chi connectivity index (χ0) is 54.7. The van der Waals surface area contributed by atoms with E-state index in [4.69, 9.17) is 0 Å². The molecule has 2 aliphatic heterocycles. The van der Waals surface area contributed by atoms with Gasteiger partial charge >= 0.3 is 0 Å². The van der Waals surface area contributed by atoms with Gasteiger partial charge in [0.05, 0.1) is 11.4 Å². The third-order valence-corrected chi connectivity index (χ3v) is 16.9. The molecule has 394 valence electrons. The van der Waals surface area contributed by atoms with Gasteiger partial charge in [0.1, 0.15) is 0 Å². The molecule has 0 bridgehead atoms. The molecule has 0 saturated heterocycles. The van der Waals surface area contributed by atoms with Gasteiger partial charge in [-0.15, -0.1) is 0 Å². The summed E-state index contributed by atoms with van der Waals surface area (Å²) in [6.45, 7) is 6.92. The molecule has 0 fully saturated rings. The summed E-state index contributed by atoms with van der Waals surface area (Å²) in [4.78, 5) is 5.48. The van der Waals surface area contributed by atoms with Crippen LogP contribution in [0, 0.1) is 0 Å². The van der Waals surface area contributed by atoms with Crippen molar-refractivity contribution in [2.45, 2.75) is 78.6 Å². The number of fused-ring (bicyclic) bond motifs is 4. The molecule has 0 unspecified atom stereocenters. The summed E-state index contributed by atoms with van der Waals surface area (Å²) < 4.78 is 0. The number of rotatable bonds is 17. The monoisotopic (exact) mass is 1040 g/mol. The van der Waals surface area contributed by atoms with Crippen molar-refractivity contribution in [3.8, 4) is 66.8 Å². The van der Waals surface area contributed by atoms with Gasteiger partial charge in [-0.25, -0.2) is 0 Å². The number of unbranched alkanes of at least 4 members (excludes halogenated alkanes) is 3. The van der Waals surface area contributed by atoms with Crippen molar-refractivity contribution >= 4 is 57.2 Å². The van der Waals surface area contributed by atoms with Gasteiger partial charge in [0.25, 0.3) is 6.71 Å². The number of benzene rings is 11. The second-order valence-electron chi connectivity index (χ2n) is 22.3. The zero-order valence-corrected chi connectivity index (χ0v) is 47.1. The van der Waals surface area contributed by atoms with Crippen molar-refractivity contribution < 1.29 is 0 Å². The summed E-state index contributed by atoms with van der Waals surface area (Å²) in [5.74, 6) is 0. The molecular weight excluding hydrogens is 976 g/mol. The van der Waals surface area contributed by atoms with E-state index in [0.717, 1.165) is 57.8 Å². The molecule has 0 saturated carbocycles. The molecule has 0 atom stereocenters. The van der Waals surface area contributed by atoms with Crippen LogP contribution in [0.1, 0.15) is 76.0 Å². The maximum absolute atomic E-state index is 2.74. The first kappa shape index (κ1) is 51.5. The van der Waals surface area contributed by atoms with E-state index in [1.165, 1.54) is 134 Å². The number of nitrogens with zero attached hydrogens (tertiary/aromatic N) is 2. The fraction of sp³-hybridized carbons (Fsp3) is 0.154. The minimum atomic E-state index is -0.0407. The molecule has 2 aliphatic rings. The lowest BCUT2D eigenvalue weighted by Crippen LogP contribution is -2.61. The second kappa shape index (κ2) is 23.0. The quantitative estimate of drug-likeness (QED) is 0.0839. The molecule has 0 spiro atoms. The van der Waals surface area contributed by atoms with Crippen LogP contribution in [0.2, 0.25) is 0 Å². The van der Waals surface area contributed by atoms with Crippen molar-refractivity contribution in [2.24, 2.45) is 0 Å². The van der Waals surface area contributed by atoms with Crippen LogP contribution in [0.3, 0.4) is 0 Å². The van der Waals surface area contributed by atoms with E-state index in [0.29, 0.717) is 0 Å². The molecule has 81 heavy (non-hydrogen) atoms. The van der Waals surface area contributed by atoms with Gasteiger partial charge in [-0.1, -0.05) is 246 Å². The minimum Gasteiger partial charge on any atom is -0.310 e. The van der Waals surface area contributed by atoms with E-state index < -0.39 is 0 Å². The molecular formula is C78H69BN2. The molecule has 0 radical (unpaired) electrons. The molecule has 0 amide bonds. The maximum atomic E-state index is 2.74. The largest absolute Gasteiger partial charge is 0.310 e. The van der Waals surface area contributed by atoms with Gasteiger partial charge in [0.15, 0.2) is 0 Å². The van der Waals surface area contributed by atoms with Gasteiger partial charge in [0.2, 0.25) is 0 Å². The molecule has 3 heteroatoms. The number of hydrogen-bond acceptors (Lipinski definition) is 2. The Morgan fingerprint density at radius 2 is 0.556 bits per heavy atom. The average Bonchev–Trinajstić information content (AvgIpc) is 3.18. The van der Waals surface area contributed by atoms with Crippen molar-refractivity contribution in [3.63, 3.8) is 0 Å². The first-order valence-electron chi connectivity index (χ1n) is 29.8. The standard InChI is InChI=1S/C78H69BN2/c1-4-7-28-55-43-45-70-72(47-55)80(77-66(60-35-20-12-21-36-60)51-64(58-31-16-10-17-32-58)52-67(77)61-37-22-13-23-38-61)74-49-57(30-9-6-3)50-75-76(74)79(70)71-46-44-56(29-8-5-2)48-73(71)81(75)78-68(62-39-24-14-25-40-62)53-65(59-33-18-11-19-34-59)54-69(78)63-41-26-15-27-42-63/h10-27,31-54H,4-9,28-30H2,1-3H3. The summed E-state index contributed by atoms with van der Waals surface area (Å²) in [7, 11) is 0. The van der Waals surface area contributed by atoms with Crippen molar-refractivity contribution in [2.75, 3.05) is 9.80 Å². The Morgan fingerprint density at radius 3 is 0.864 bits per heavy atom. The van der Waals surface area contributed by atoms with Crippen molar-refractivity contribution in [1.82, 2.24) is 0 Å². The molecule has 0 aromatic heterocycles. The highest BCUT2D eigenvalue weighted by molar-refractivity contribution is 7.00. The van der Waals surface area contributed by atoms with Gasteiger partial charge in [0, 0.05) is 45.0 Å². The lowest BCUT2D eigenvalue weighted by molar-refractivity contribution is 0.794. The van der Waals surface area contributed by atoms with Crippen molar-refractivity contribution in [3.05, 3.63) is 271 Å². The summed E-state index contributed by atoms with van der Waals surface area (Å²) in [6, 6.07) is 96.8. The van der Waals surface area contributed by atoms with Crippen LogP contribution in [-0.4, -0.2) is 6.71 Å². The predicted molar refractivity (Wildman–Crippen MR) is 349 cm³/mol. The minimum absolute atomic E-state index is 0.0407. The fourth-order valence-corrected chi connectivity index (χ4v) is 12.9. The van der Waals surface area contributed by atoms with Crippen LogP contribution in [0.5, 0.6) is 0 Å². The molecule has 0 N–H and O–H groups in total. The van der Waals surface area contributed by atoms with Gasteiger partial charge in [-0.05, 0) is 165 Å². The first-order chi connectivity index (χ1) is 40.1. The smallest absolute Gasteiger partial charge is 0.252 e. The third kappa shape index (κ3) is 9.90. The van der Waals surface area contributed by atoms with Gasteiger partial charge in [-0.2, -0.15) is 0 Å². The van der Waals surface area contributed by atoms with Gasteiger partial charge < -0.3 is 9.80 Å². The zero-order valence-electron chi connectivity index (χ0n) is 47.1. The fourth-order valence-electron chi connectivity index (χ4n) is 12.9. The maximum Gasteiger partial charge on any atom is 0.252 e. The Morgan fingerprint density at radius 1 is 0.272 bits per heavy atom. The highest BCUT2D eigenvalue weighted by Crippen LogP contribution is 2.54. The summed E-state index contributed by atoms with van der Waals surface area (Å²) in [5.41, 5.74) is 29.9. The van der Waals surface area contributed by atoms with Crippen LogP contribution in [0.15, 0.2) is 255 Å². The Labute approximate surface area is 481 Å².